The normalized spacial score (nSPS) is 16.5. The quantitative estimate of drug-likeness (QED) is 0.704. The molecule has 7 nitrogen and oxygen atoms in total. The van der Waals surface area contributed by atoms with Gasteiger partial charge in [0.2, 0.25) is 0 Å². The van der Waals surface area contributed by atoms with Gasteiger partial charge in [-0.15, -0.1) is 11.3 Å². The van der Waals surface area contributed by atoms with Crippen molar-refractivity contribution in [3.8, 4) is 16.3 Å². The molecular weight excluding hydrogens is 398 g/mol. The molecule has 0 amide bonds. The van der Waals surface area contributed by atoms with E-state index in [9.17, 15) is 13.2 Å². The Morgan fingerprint density at radius 1 is 1.25 bits per heavy atom. The van der Waals surface area contributed by atoms with Crippen molar-refractivity contribution in [1.82, 2.24) is 10.2 Å². The maximum Gasteiger partial charge on any atom is 0.274 e. The van der Waals surface area contributed by atoms with E-state index in [4.69, 9.17) is 4.74 Å². The van der Waals surface area contributed by atoms with Gasteiger partial charge in [0, 0.05) is 6.07 Å². The molecule has 3 heterocycles. The fourth-order valence-corrected chi connectivity index (χ4v) is 5.94. The first kappa shape index (κ1) is 18.7. The molecule has 3 aromatic rings. The van der Waals surface area contributed by atoms with E-state index < -0.39 is 10.0 Å². The highest BCUT2D eigenvalue weighted by Crippen LogP contribution is 2.40. The van der Waals surface area contributed by atoms with Crippen LogP contribution in [0.5, 0.6) is 5.75 Å². The lowest BCUT2D eigenvalue weighted by atomic mass is 10.1. The molecule has 1 aromatic carbocycles. The second-order valence-corrected chi connectivity index (χ2v) is 9.75. The minimum atomic E-state index is -3.76. The number of aromatic amines is 1. The van der Waals surface area contributed by atoms with Crippen LogP contribution in [-0.2, 0) is 10.0 Å². The lowest BCUT2D eigenvalue weighted by Gasteiger charge is -2.35. The van der Waals surface area contributed by atoms with E-state index >= 15 is 0 Å². The van der Waals surface area contributed by atoms with Crippen molar-refractivity contribution in [1.29, 1.82) is 0 Å². The average molecular weight is 418 g/mol. The van der Waals surface area contributed by atoms with E-state index in [2.05, 4.69) is 10.2 Å². The van der Waals surface area contributed by atoms with Crippen molar-refractivity contribution >= 4 is 27.0 Å². The van der Waals surface area contributed by atoms with Crippen molar-refractivity contribution in [2.24, 2.45) is 0 Å². The highest BCUT2D eigenvalue weighted by atomic mass is 32.2. The molecule has 28 heavy (non-hydrogen) atoms. The van der Waals surface area contributed by atoms with Crippen LogP contribution in [0.3, 0.4) is 0 Å². The lowest BCUT2D eigenvalue weighted by Crippen LogP contribution is -2.43. The number of anilines is 1. The number of sulfonamides is 1. The smallest absolute Gasteiger partial charge is 0.274 e. The molecule has 1 aliphatic rings. The minimum Gasteiger partial charge on any atom is -0.486 e. The highest BCUT2D eigenvalue weighted by molar-refractivity contribution is 7.94. The van der Waals surface area contributed by atoms with Crippen molar-refractivity contribution in [3.05, 3.63) is 58.4 Å². The van der Waals surface area contributed by atoms with Gasteiger partial charge < -0.3 is 4.74 Å². The van der Waals surface area contributed by atoms with Crippen LogP contribution in [0.15, 0.2) is 51.5 Å². The Kier molecular flexibility index (Phi) is 4.72. The summed E-state index contributed by atoms with van der Waals surface area (Å²) in [4.78, 5) is 11.9. The number of H-pyrrole nitrogens is 1. The first-order chi connectivity index (χ1) is 13.4. The van der Waals surface area contributed by atoms with Crippen LogP contribution in [0.25, 0.3) is 10.6 Å². The zero-order valence-corrected chi connectivity index (χ0v) is 17.0. The third kappa shape index (κ3) is 3.31. The Morgan fingerprint density at radius 2 is 2.07 bits per heavy atom. The number of nitrogens with zero attached hydrogens (tertiary/aromatic N) is 2. The topological polar surface area (TPSA) is 92.4 Å². The van der Waals surface area contributed by atoms with Gasteiger partial charge in [-0.1, -0.05) is 13.0 Å². The summed E-state index contributed by atoms with van der Waals surface area (Å²) in [6.45, 7) is 4.15. The van der Waals surface area contributed by atoms with Gasteiger partial charge >= 0.3 is 0 Å². The summed E-state index contributed by atoms with van der Waals surface area (Å²) in [5, 5.41) is 6.34. The molecular formula is C19H19N3O4S2. The van der Waals surface area contributed by atoms with Crippen LogP contribution in [0.2, 0.25) is 0 Å². The van der Waals surface area contributed by atoms with E-state index in [1.807, 2.05) is 32.0 Å². The third-order valence-corrected chi connectivity index (χ3v) is 7.91. The van der Waals surface area contributed by atoms with Gasteiger partial charge in [0.15, 0.2) is 0 Å². The number of aryl methyl sites for hydroxylation is 1. The van der Waals surface area contributed by atoms with Crippen LogP contribution >= 0.6 is 11.3 Å². The molecule has 0 saturated heterocycles. The molecule has 0 saturated carbocycles. The van der Waals surface area contributed by atoms with Crippen LogP contribution in [-0.4, -0.2) is 31.3 Å². The van der Waals surface area contributed by atoms with Gasteiger partial charge in [0.05, 0.1) is 17.1 Å². The number of thiophene rings is 1. The zero-order valence-electron chi connectivity index (χ0n) is 15.4. The average Bonchev–Trinajstić information content (AvgIpc) is 3.18. The van der Waals surface area contributed by atoms with Crippen LogP contribution < -0.4 is 14.6 Å². The molecule has 0 spiro atoms. The predicted molar refractivity (Wildman–Crippen MR) is 109 cm³/mol. The lowest BCUT2D eigenvalue weighted by molar-refractivity contribution is 0.195. The molecule has 0 fully saturated rings. The van der Waals surface area contributed by atoms with E-state index in [0.29, 0.717) is 28.4 Å². The Balaban J connectivity index is 1.75. The van der Waals surface area contributed by atoms with Gasteiger partial charge in [-0.2, -0.15) is 5.10 Å². The number of benzene rings is 1. The van der Waals surface area contributed by atoms with Crippen LogP contribution in [0.4, 0.5) is 5.69 Å². The monoisotopic (exact) mass is 417 g/mol. The summed E-state index contributed by atoms with van der Waals surface area (Å²) in [5.41, 5.74) is 1.73. The van der Waals surface area contributed by atoms with Crippen LogP contribution in [0.1, 0.15) is 18.9 Å². The SMILES string of the molecule is CC[C@@H]1CN(S(=O)(=O)c2ccc(-c3ccc(=O)[nH]n3)s2)c2cc(C)ccc2O1. The molecule has 146 valence electrons. The molecule has 0 radical (unpaired) electrons. The Morgan fingerprint density at radius 3 is 2.79 bits per heavy atom. The Bertz CT molecular complexity index is 1160. The highest BCUT2D eigenvalue weighted by Gasteiger charge is 2.35. The molecule has 1 N–H and O–H groups in total. The molecule has 2 aromatic heterocycles. The standard InChI is InChI=1S/C19H19N3O4S2/c1-3-13-11-22(15-10-12(2)4-6-16(15)26-13)28(24,25)19-9-7-17(27-19)14-5-8-18(23)21-20-14/h4-10,13H,3,11H2,1-2H3,(H,21,23)/t13-/m1/s1. The first-order valence-electron chi connectivity index (χ1n) is 8.84. The summed E-state index contributed by atoms with van der Waals surface area (Å²) in [6, 6.07) is 11.8. The van der Waals surface area contributed by atoms with Crippen LogP contribution in [0, 0.1) is 6.92 Å². The van der Waals surface area contributed by atoms with Gasteiger partial charge in [-0.25, -0.2) is 13.5 Å². The van der Waals surface area contributed by atoms with Crippen molar-refractivity contribution in [3.63, 3.8) is 0 Å². The molecule has 4 rings (SSSR count). The summed E-state index contributed by atoms with van der Waals surface area (Å²) in [6.07, 6.45) is 0.501. The van der Waals surface area contributed by atoms with Crippen molar-refractivity contribution in [2.75, 3.05) is 10.8 Å². The van der Waals surface area contributed by atoms with Gasteiger partial charge in [-0.3, -0.25) is 9.10 Å². The van der Waals surface area contributed by atoms with Crippen molar-refractivity contribution < 1.29 is 13.2 Å². The fraction of sp³-hybridized carbons (Fsp3) is 0.263. The van der Waals surface area contributed by atoms with Gasteiger partial charge in [-0.05, 0) is 49.2 Å². The summed E-state index contributed by atoms with van der Waals surface area (Å²) >= 11 is 1.13. The molecule has 0 bridgehead atoms. The Hall–Kier alpha value is -2.65. The summed E-state index contributed by atoms with van der Waals surface area (Å²) < 4.78 is 34.4. The van der Waals surface area contributed by atoms with Crippen molar-refractivity contribution in [2.45, 2.75) is 30.6 Å². The summed E-state index contributed by atoms with van der Waals surface area (Å²) in [7, 11) is -3.76. The molecule has 9 heteroatoms. The first-order valence-corrected chi connectivity index (χ1v) is 11.1. The maximum absolute atomic E-state index is 13.4. The van der Waals surface area contributed by atoms with Gasteiger partial charge in [0.25, 0.3) is 15.6 Å². The second-order valence-electron chi connectivity index (χ2n) is 6.58. The third-order valence-electron chi connectivity index (χ3n) is 4.56. The molecule has 0 unspecified atom stereocenters. The number of fused-ring (bicyclic) bond motifs is 1. The number of nitrogens with one attached hydrogen (secondary N) is 1. The number of ether oxygens (including phenoxy) is 1. The molecule has 1 aliphatic heterocycles. The second kappa shape index (κ2) is 7.06. The number of hydrogen-bond donors (Lipinski definition) is 1. The number of rotatable bonds is 4. The van der Waals surface area contributed by atoms with E-state index in [1.165, 1.54) is 10.4 Å². The van der Waals surface area contributed by atoms with E-state index in [-0.39, 0.29) is 22.4 Å². The number of hydrogen-bond acceptors (Lipinski definition) is 6. The maximum atomic E-state index is 13.4. The summed E-state index contributed by atoms with van der Waals surface area (Å²) in [5.74, 6) is 0.575. The van der Waals surface area contributed by atoms with E-state index in [1.54, 1.807) is 18.2 Å². The largest absolute Gasteiger partial charge is 0.486 e. The zero-order chi connectivity index (χ0) is 19.9. The fourth-order valence-electron chi connectivity index (χ4n) is 3.05. The van der Waals surface area contributed by atoms with E-state index in [0.717, 1.165) is 16.9 Å². The Labute approximate surface area is 166 Å². The molecule has 0 aliphatic carbocycles. The predicted octanol–water partition coefficient (Wildman–Crippen LogP) is 3.17. The van der Waals surface area contributed by atoms with Gasteiger partial charge in [0.1, 0.15) is 21.8 Å². The minimum absolute atomic E-state index is 0.203. The molecule has 1 atom stereocenters. The number of aromatic nitrogens is 2.